The molecule has 0 unspecified atom stereocenters. The summed E-state index contributed by atoms with van der Waals surface area (Å²) in [6.07, 6.45) is 8.50. The smallest absolute Gasteiger partial charge is 0.00379 e. The summed E-state index contributed by atoms with van der Waals surface area (Å²) >= 11 is 0. The van der Waals surface area contributed by atoms with Crippen LogP contribution in [0, 0.1) is 5.41 Å². The zero-order chi connectivity index (χ0) is 10.6. The fourth-order valence-electron chi connectivity index (χ4n) is 3.02. The largest absolute Gasteiger partial charge is 0.317 e. The molecule has 0 spiro atoms. The highest BCUT2D eigenvalue weighted by molar-refractivity contribution is 4.89. The van der Waals surface area contributed by atoms with E-state index in [4.69, 9.17) is 0 Å². The summed E-state index contributed by atoms with van der Waals surface area (Å²) in [6, 6.07) is 0. The Hall–Kier alpha value is -0.0800. The van der Waals surface area contributed by atoms with Crippen LogP contribution in [0.2, 0.25) is 0 Å². The highest BCUT2D eigenvalue weighted by atomic mass is 15.1. The molecule has 0 bridgehead atoms. The molecule has 2 heteroatoms. The lowest BCUT2D eigenvalue weighted by Crippen LogP contribution is -2.44. The van der Waals surface area contributed by atoms with Crippen LogP contribution in [0.15, 0.2) is 0 Å². The van der Waals surface area contributed by atoms with Gasteiger partial charge < -0.3 is 10.2 Å². The van der Waals surface area contributed by atoms with Gasteiger partial charge in [-0.2, -0.15) is 0 Å². The molecule has 2 fully saturated rings. The van der Waals surface area contributed by atoms with Crippen LogP contribution >= 0.6 is 0 Å². The molecule has 0 aromatic carbocycles. The molecule has 2 aliphatic rings. The molecule has 2 nitrogen and oxygen atoms in total. The van der Waals surface area contributed by atoms with Gasteiger partial charge in [0.15, 0.2) is 0 Å². The molecule has 0 radical (unpaired) electrons. The van der Waals surface area contributed by atoms with E-state index in [0.29, 0.717) is 5.41 Å². The van der Waals surface area contributed by atoms with E-state index in [-0.39, 0.29) is 0 Å². The van der Waals surface area contributed by atoms with Crippen molar-refractivity contribution in [3.63, 3.8) is 0 Å². The van der Waals surface area contributed by atoms with Crippen LogP contribution in [0.1, 0.15) is 45.4 Å². The van der Waals surface area contributed by atoms with Crippen molar-refractivity contribution in [1.82, 2.24) is 10.2 Å². The summed E-state index contributed by atoms with van der Waals surface area (Å²) in [6.45, 7) is 8.82. The first-order valence-electron chi connectivity index (χ1n) is 6.78. The molecule has 1 N–H and O–H groups in total. The van der Waals surface area contributed by atoms with E-state index < -0.39 is 0 Å². The fourth-order valence-corrected chi connectivity index (χ4v) is 3.02. The van der Waals surface area contributed by atoms with E-state index in [1.165, 1.54) is 71.2 Å². The molecule has 1 heterocycles. The maximum Gasteiger partial charge on any atom is 0.00379 e. The Balaban J connectivity index is 1.80. The molecule has 2 rings (SSSR count). The molecule has 0 aromatic rings. The lowest BCUT2D eigenvalue weighted by Gasteiger charge is -2.45. The number of rotatable bonds is 3. The minimum atomic E-state index is 0.715. The number of hydrogen-bond acceptors (Lipinski definition) is 2. The first-order valence-corrected chi connectivity index (χ1v) is 6.78. The average molecular weight is 210 g/mol. The van der Waals surface area contributed by atoms with Crippen molar-refractivity contribution in [2.75, 3.05) is 32.7 Å². The Morgan fingerprint density at radius 1 is 1.07 bits per heavy atom. The van der Waals surface area contributed by atoms with Crippen molar-refractivity contribution in [2.45, 2.75) is 45.4 Å². The van der Waals surface area contributed by atoms with Gasteiger partial charge in [0.25, 0.3) is 0 Å². The summed E-state index contributed by atoms with van der Waals surface area (Å²) in [5.41, 5.74) is 0.715. The third kappa shape index (κ3) is 2.94. The highest BCUT2D eigenvalue weighted by Crippen LogP contribution is 2.44. The first-order chi connectivity index (χ1) is 7.35. The molecule has 1 saturated carbocycles. The monoisotopic (exact) mass is 210 g/mol. The van der Waals surface area contributed by atoms with E-state index in [2.05, 4.69) is 17.1 Å². The molecule has 1 saturated heterocycles. The average Bonchev–Trinajstić information content (AvgIpc) is 2.14. The zero-order valence-corrected chi connectivity index (χ0v) is 10.2. The van der Waals surface area contributed by atoms with Gasteiger partial charge in [0.1, 0.15) is 0 Å². The number of hydrogen-bond donors (Lipinski definition) is 1. The molecule has 0 atom stereocenters. The maximum atomic E-state index is 3.49. The Morgan fingerprint density at radius 3 is 2.20 bits per heavy atom. The topological polar surface area (TPSA) is 15.3 Å². The molecule has 1 aliphatic carbocycles. The van der Waals surface area contributed by atoms with E-state index in [0.717, 1.165) is 0 Å². The lowest BCUT2D eigenvalue weighted by atomic mass is 9.66. The van der Waals surface area contributed by atoms with Gasteiger partial charge in [-0.05, 0) is 63.7 Å². The molecule has 15 heavy (non-hydrogen) atoms. The summed E-state index contributed by atoms with van der Waals surface area (Å²) in [4.78, 5) is 2.73. The van der Waals surface area contributed by atoms with Gasteiger partial charge in [-0.3, -0.25) is 0 Å². The molecule has 88 valence electrons. The van der Waals surface area contributed by atoms with Crippen LogP contribution in [-0.4, -0.2) is 37.6 Å². The van der Waals surface area contributed by atoms with Crippen molar-refractivity contribution in [3.05, 3.63) is 0 Å². The van der Waals surface area contributed by atoms with Gasteiger partial charge in [-0.25, -0.2) is 0 Å². The van der Waals surface area contributed by atoms with Crippen LogP contribution in [0.5, 0.6) is 0 Å². The molecule has 1 aliphatic heterocycles. The molecular weight excluding hydrogens is 184 g/mol. The second kappa shape index (κ2) is 5.31. The summed E-state index contributed by atoms with van der Waals surface area (Å²) in [5, 5.41) is 3.49. The highest BCUT2D eigenvalue weighted by Gasteiger charge is 2.36. The van der Waals surface area contributed by atoms with Crippen LogP contribution in [0.25, 0.3) is 0 Å². The normalized spacial score (nSPS) is 27.8. The number of nitrogens with zero attached hydrogens (tertiary/aromatic N) is 1. The maximum absolute atomic E-state index is 3.49. The predicted molar refractivity (Wildman–Crippen MR) is 65.1 cm³/mol. The summed E-state index contributed by atoms with van der Waals surface area (Å²) in [7, 11) is 0. The van der Waals surface area contributed by atoms with Crippen molar-refractivity contribution >= 4 is 0 Å². The molecule has 0 aromatic heterocycles. The molecular formula is C13H26N2. The fraction of sp³-hybridized carbons (Fsp3) is 1.00. The number of nitrogens with one attached hydrogen (secondary N) is 1. The van der Waals surface area contributed by atoms with Crippen molar-refractivity contribution in [3.8, 4) is 0 Å². The third-order valence-electron chi connectivity index (χ3n) is 4.38. The van der Waals surface area contributed by atoms with Crippen LogP contribution < -0.4 is 5.32 Å². The van der Waals surface area contributed by atoms with Crippen LogP contribution in [0.4, 0.5) is 0 Å². The lowest BCUT2D eigenvalue weighted by molar-refractivity contribution is 0.0592. The third-order valence-corrected chi connectivity index (χ3v) is 4.38. The van der Waals surface area contributed by atoms with E-state index in [1.807, 2.05) is 0 Å². The SMILES string of the molecule is CCC1(CN2CCCNCCC2)CCC1. The van der Waals surface area contributed by atoms with Crippen molar-refractivity contribution in [2.24, 2.45) is 5.41 Å². The second-order valence-electron chi connectivity index (χ2n) is 5.44. The Labute approximate surface area is 94.4 Å². The first kappa shape index (κ1) is 11.4. The zero-order valence-electron chi connectivity index (χ0n) is 10.2. The minimum Gasteiger partial charge on any atom is -0.317 e. The van der Waals surface area contributed by atoms with Gasteiger partial charge >= 0.3 is 0 Å². The van der Waals surface area contributed by atoms with Crippen molar-refractivity contribution < 1.29 is 0 Å². The Bertz CT molecular complexity index is 173. The Morgan fingerprint density at radius 2 is 1.73 bits per heavy atom. The molecule has 0 amide bonds. The quantitative estimate of drug-likeness (QED) is 0.768. The van der Waals surface area contributed by atoms with Gasteiger partial charge in [0, 0.05) is 6.54 Å². The van der Waals surface area contributed by atoms with Gasteiger partial charge in [0.05, 0.1) is 0 Å². The summed E-state index contributed by atoms with van der Waals surface area (Å²) < 4.78 is 0. The van der Waals surface area contributed by atoms with Crippen molar-refractivity contribution in [1.29, 1.82) is 0 Å². The minimum absolute atomic E-state index is 0.715. The predicted octanol–water partition coefficient (Wildman–Crippen LogP) is 2.25. The van der Waals surface area contributed by atoms with Crippen LogP contribution in [-0.2, 0) is 0 Å². The standard InChI is InChI=1S/C13H26N2/c1-2-13(6-3-7-13)12-15-10-4-8-14-9-5-11-15/h14H,2-12H2,1H3. The Kier molecular flexibility index (Phi) is 4.04. The summed E-state index contributed by atoms with van der Waals surface area (Å²) in [5.74, 6) is 0. The van der Waals surface area contributed by atoms with E-state index in [9.17, 15) is 0 Å². The van der Waals surface area contributed by atoms with E-state index in [1.54, 1.807) is 0 Å². The van der Waals surface area contributed by atoms with Gasteiger partial charge in [0.2, 0.25) is 0 Å². The van der Waals surface area contributed by atoms with Gasteiger partial charge in [-0.15, -0.1) is 0 Å². The van der Waals surface area contributed by atoms with E-state index >= 15 is 0 Å². The van der Waals surface area contributed by atoms with Gasteiger partial charge in [-0.1, -0.05) is 13.3 Å². The second-order valence-corrected chi connectivity index (χ2v) is 5.44. The van der Waals surface area contributed by atoms with Crippen LogP contribution in [0.3, 0.4) is 0 Å².